The summed E-state index contributed by atoms with van der Waals surface area (Å²) in [5.74, 6) is 0. The van der Waals surface area contributed by atoms with Gasteiger partial charge in [-0.3, -0.25) is 0 Å². The van der Waals surface area contributed by atoms with Crippen LogP contribution in [0.25, 0.3) is 5.65 Å². The van der Waals surface area contributed by atoms with Crippen molar-refractivity contribution in [3.63, 3.8) is 0 Å². The van der Waals surface area contributed by atoms with E-state index in [4.69, 9.17) is 0 Å². The second kappa shape index (κ2) is 4.04. The van der Waals surface area contributed by atoms with Crippen LogP contribution in [0, 0.1) is 13.8 Å². The van der Waals surface area contributed by atoms with Gasteiger partial charge in [-0.05, 0) is 26.0 Å². The third-order valence-electron chi connectivity index (χ3n) is 3.56. The summed E-state index contributed by atoms with van der Waals surface area (Å²) in [6.45, 7) is 8.49. The van der Waals surface area contributed by atoms with Crippen molar-refractivity contribution in [2.75, 3.05) is 31.1 Å². The Balaban J connectivity index is 2.02. The van der Waals surface area contributed by atoms with E-state index in [1.165, 1.54) is 11.4 Å². The molecule has 0 amide bonds. The zero-order valence-electron chi connectivity index (χ0n) is 10.4. The first-order valence-electron chi connectivity index (χ1n) is 6.17. The van der Waals surface area contributed by atoms with Gasteiger partial charge < -0.3 is 14.6 Å². The number of nitrogens with one attached hydrogen (secondary N) is 1. The van der Waals surface area contributed by atoms with E-state index in [2.05, 4.69) is 51.8 Å². The van der Waals surface area contributed by atoms with Crippen molar-refractivity contribution in [2.24, 2.45) is 0 Å². The van der Waals surface area contributed by atoms with Crippen LogP contribution in [0.15, 0.2) is 18.3 Å². The maximum Gasteiger partial charge on any atom is 0.137 e. The van der Waals surface area contributed by atoms with Crippen LogP contribution in [-0.4, -0.2) is 35.6 Å². The average Bonchev–Trinajstić information content (AvgIpc) is 2.66. The van der Waals surface area contributed by atoms with Crippen LogP contribution >= 0.6 is 0 Å². The van der Waals surface area contributed by atoms with Crippen LogP contribution in [0.1, 0.15) is 11.4 Å². The molecule has 4 heteroatoms. The van der Waals surface area contributed by atoms with Crippen molar-refractivity contribution >= 4 is 11.3 Å². The van der Waals surface area contributed by atoms with E-state index in [9.17, 15) is 0 Å². The molecule has 0 saturated carbocycles. The summed E-state index contributed by atoms with van der Waals surface area (Å²) < 4.78 is 2.19. The summed E-state index contributed by atoms with van der Waals surface area (Å²) in [6.07, 6.45) is 2.20. The number of pyridine rings is 1. The zero-order chi connectivity index (χ0) is 11.8. The lowest BCUT2D eigenvalue weighted by molar-refractivity contribution is 0.588. The quantitative estimate of drug-likeness (QED) is 0.803. The first-order valence-corrected chi connectivity index (χ1v) is 6.17. The molecule has 2 aromatic rings. The lowest BCUT2D eigenvalue weighted by atomic mass is 10.3. The van der Waals surface area contributed by atoms with Crippen LogP contribution < -0.4 is 10.2 Å². The van der Waals surface area contributed by atoms with Crippen LogP contribution in [0.3, 0.4) is 0 Å². The van der Waals surface area contributed by atoms with Crippen LogP contribution in [0.4, 0.5) is 5.69 Å². The zero-order valence-corrected chi connectivity index (χ0v) is 10.4. The molecule has 0 radical (unpaired) electrons. The Morgan fingerprint density at radius 1 is 1.18 bits per heavy atom. The number of aromatic nitrogens is 2. The smallest absolute Gasteiger partial charge is 0.137 e. The fraction of sp³-hybridized carbons (Fsp3) is 0.462. The van der Waals surface area contributed by atoms with Crippen molar-refractivity contribution in [3.05, 3.63) is 29.7 Å². The van der Waals surface area contributed by atoms with Crippen LogP contribution in [-0.2, 0) is 0 Å². The van der Waals surface area contributed by atoms with E-state index < -0.39 is 0 Å². The van der Waals surface area contributed by atoms with Crippen LogP contribution in [0.5, 0.6) is 0 Å². The molecular formula is C13H18N4. The number of anilines is 1. The summed E-state index contributed by atoms with van der Waals surface area (Å²) in [6, 6.07) is 4.28. The monoisotopic (exact) mass is 230 g/mol. The SMILES string of the molecule is Cc1nc2ccc(N3CCNCC3)cn2c1C. The van der Waals surface area contributed by atoms with Gasteiger partial charge in [-0.15, -0.1) is 0 Å². The molecule has 1 aliphatic rings. The summed E-state index contributed by atoms with van der Waals surface area (Å²) in [4.78, 5) is 6.95. The van der Waals surface area contributed by atoms with Crippen molar-refractivity contribution in [3.8, 4) is 0 Å². The van der Waals surface area contributed by atoms with Gasteiger partial charge in [0.2, 0.25) is 0 Å². The molecule has 3 rings (SSSR count). The normalized spacial score (nSPS) is 16.7. The summed E-state index contributed by atoms with van der Waals surface area (Å²) in [5, 5.41) is 3.38. The van der Waals surface area contributed by atoms with Gasteiger partial charge in [0.05, 0.1) is 11.4 Å². The summed E-state index contributed by atoms with van der Waals surface area (Å²) in [7, 11) is 0. The fourth-order valence-corrected chi connectivity index (χ4v) is 2.38. The maximum absolute atomic E-state index is 4.53. The number of hydrogen-bond acceptors (Lipinski definition) is 3. The number of rotatable bonds is 1. The lowest BCUT2D eigenvalue weighted by Crippen LogP contribution is -2.43. The molecule has 90 valence electrons. The maximum atomic E-state index is 4.53. The van der Waals surface area contributed by atoms with E-state index in [1.807, 2.05) is 0 Å². The van der Waals surface area contributed by atoms with Crippen molar-refractivity contribution < 1.29 is 0 Å². The van der Waals surface area contributed by atoms with E-state index >= 15 is 0 Å². The Bertz CT molecular complexity index is 538. The van der Waals surface area contributed by atoms with Crippen molar-refractivity contribution in [1.82, 2.24) is 14.7 Å². The highest BCUT2D eigenvalue weighted by atomic mass is 15.2. The molecule has 1 saturated heterocycles. The Hall–Kier alpha value is -1.55. The van der Waals surface area contributed by atoms with Gasteiger partial charge in [-0.25, -0.2) is 4.98 Å². The lowest BCUT2D eigenvalue weighted by Gasteiger charge is -2.29. The minimum Gasteiger partial charge on any atom is -0.368 e. The highest BCUT2D eigenvalue weighted by Gasteiger charge is 2.12. The molecule has 0 spiro atoms. The molecule has 17 heavy (non-hydrogen) atoms. The minimum absolute atomic E-state index is 1.04. The minimum atomic E-state index is 1.04. The molecule has 0 unspecified atom stereocenters. The van der Waals surface area contributed by atoms with Crippen LogP contribution in [0.2, 0.25) is 0 Å². The van der Waals surface area contributed by atoms with Gasteiger partial charge in [-0.1, -0.05) is 0 Å². The number of piperazine rings is 1. The van der Waals surface area contributed by atoms with Gasteiger partial charge >= 0.3 is 0 Å². The third kappa shape index (κ3) is 1.78. The number of imidazole rings is 1. The van der Waals surface area contributed by atoms with Gasteiger partial charge in [-0.2, -0.15) is 0 Å². The molecule has 0 atom stereocenters. The topological polar surface area (TPSA) is 32.6 Å². The number of hydrogen-bond donors (Lipinski definition) is 1. The van der Waals surface area contributed by atoms with Gasteiger partial charge in [0, 0.05) is 38.1 Å². The first kappa shape index (κ1) is 10.6. The van der Waals surface area contributed by atoms with Gasteiger partial charge in [0.1, 0.15) is 5.65 Å². The highest BCUT2D eigenvalue weighted by molar-refractivity contribution is 5.54. The molecule has 0 bridgehead atoms. The molecule has 1 fully saturated rings. The Kier molecular flexibility index (Phi) is 2.52. The standard InChI is InChI=1S/C13H18N4/c1-10-11(2)17-9-12(3-4-13(17)15-10)16-7-5-14-6-8-16/h3-4,9,14H,5-8H2,1-2H3. The molecule has 4 nitrogen and oxygen atoms in total. The molecule has 2 aromatic heterocycles. The predicted octanol–water partition coefficient (Wildman–Crippen LogP) is 1.36. The highest BCUT2D eigenvalue weighted by Crippen LogP contribution is 2.18. The summed E-state index contributed by atoms with van der Waals surface area (Å²) >= 11 is 0. The van der Waals surface area contributed by atoms with E-state index in [1.54, 1.807) is 0 Å². The van der Waals surface area contributed by atoms with E-state index in [0.717, 1.165) is 37.5 Å². The molecule has 1 aliphatic heterocycles. The largest absolute Gasteiger partial charge is 0.368 e. The average molecular weight is 230 g/mol. The predicted molar refractivity (Wildman–Crippen MR) is 69.7 cm³/mol. The number of fused-ring (bicyclic) bond motifs is 1. The third-order valence-corrected chi connectivity index (χ3v) is 3.56. The van der Waals surface area contributed by atoms with Gasteiger partial charge in [0.15, 0.2) is 0 Å². The van der Waals surface area contributed by atoms with E-state index in [0.29, 0.717) is 0 Å². The van der Waals surface area contributed by atoms with E-state index in [-0.39, 0.29) is 0 Å². The summed E-state index contributed by atoms with van der Waals surface area (Å²) in [5.41, 5.74) is 4.68. The molecule has 0 aliphatic carbocycles. The van der Waals surface area contributed by atoms with Crippen molar-refractivity contribution in [2.45, 2.75) is 13.8 Å². The molecule has 3 heterocycles. The molecule has 1 N–H and O–H groups in total. The Morgan fingerprint density at radius 2 is 1.94 bits per heavy atom. The second-order valence-corrected chi connectivity index (χ2v) is 4.64. The molecule has 0 aromatic carbocycles. The van der Waals surface area contributed by atoms with Crippen molar-refractivity contribution in [1.29, 1.82) is 0 Å². The first-order chi connectivity index (χ1) is 8.25. The second-order valence-electron chi connectivity index (χ2n) is 4.64. The molecular weight excluding hydrogens is 212 g/mol. The number of aryl methyl sites for hydroxylation is 2. The Morgan fingerprint density at radius 3 is 2.71 bits per heavy atom. The Labute approximate surface area is 101 Å². The number of nitrogens with zero attached hydrogens (tertiary/aromatic N) is 3. The van der Waals surface area contributed by atoms with Gasteiger partial charge in [0.25, 0.3) is 0 Å². The fourth-order valence-electron chi connectivity index (χ4n) is 2.38.